The highest BCUT2D eigenvalue weighted by molar-refractivity contribution is 5.79. The molecule has 6 heteroatoms. The number of hydrogen-bond acceptors (Lipinski definition) is 3. The summed E-state index contributed by atoms with van der Waals surface area (Å²) in [4.78, 5) is 23.5. The van der Waals surface area contributed by atoms with Gasteiger partial charge >= 0.3 is 6.03 Å². The Morgan fingerprint density at radius 2 is 1.79 bits per heavy atom. The second kappa shape index (κ2) is 9.27. The van der Waals surface area contributed by atoms with Gasteiger partial charge in [0.05, 0.1) is 6.10 Å². The molecule has 1 aromatic carbocycles. The summed E-state index contributed by atoms with van der Waals surface area (Å²) in [6.45, 7) is 2.85. The topological polar surface area (TPSA) is 90.5 Å². The standard InChI is InChI=1S/C18H27N3O3/c1-13-6-2-5-9-15(13)16(22)12-21-18(24)20-11-10-19-17(23)14-7-3-4-8-14/h2,5-6,9,14,16,22H,3-4,7-8,10-12H2,1H3,(H,19,23)(H2,20,21,24)/t16-/m1/s1. The second-order valence-electron chi connectivity index (χ2n) is 6.28. The van der Waals surface area contributed by atoms with Crippen LogP contribution in [0.3, 0.4) is 0 Å². The first-order chi connectivity index (χ1) is 11.6. The molecule has 1 fully saturated rings. The fourth-order valence-electron chi connectivity index (χ4n) is 3.02. The van der Waals surface area contributed by atoms with Crippen molar-refractivity contribution in [1.29, 1.82) is 0 Å². The monoisotopic (exact) mass is 333 g/mol. The van der Waals surface area contributed by atoms with Crippen LogP contribution < -0.4 is 16.0 Å². The molecule has 0 unspecified atom stereocenters. The van der Waals surface area contributed by atoms with E-state index in [1.807, 2.05) is 31.2 Å². The Kier molecular flexibility index (Phi) is 7.06. The zero-order chi connectivity index (χ0) is 17.4. The van der Waals surface area contributed by atoms with Crippen LogP contribution in [-0.4, -0.2) is 36.7 Å². The van der Waals surface area contributed by atoms with E-state index in [0.29, 0.717) is 13.1 Å². The lowest BCUT2D eigenvalue weighted by atomic mass is 10.0. The van der Waals surface area contributed by atoms with Gasteiger partial charge in [0.15, 0.2) is 0 Å². The van der Waals surface area contributed by atoms with Gasteiger partial charge in [-0.15, -0.1) is 0 Å². The summed E-state index contributed by atoms with van der Waals surface area (Å²) >= 11 is 0. The molecule has 3 amide bonds. The number of rotatable bonds is 7. The van der Waals surface area contributed by atoms with Gasteiger partial charge in [0.25, 0.3) is 0 Å². The number of hydrogen-bond donors (Lipinski definition) is 4. The molecule has 1 saturated carbocycles. The Morgan fingerprint density at radius 1 is 1.12 bits per heavy atom. The molecule has 24 heavy (non-hydrogen) atoms. The third-order valence-electron chi connectivity index (χ3n) is 4.44. The van der Waals surface area contributed by atoms with Crippen LogP contribution in [0.5, 0.6) is 0 Å². The summed E-state index contributed by atoms with van der Waals surface area (Å²) in [5.74, 6) is 0.229. The summed E-state index contributed by atoms with van der Waals surface area (Å²) in [5, 5.41) is 18.3. The SMILES string of the molecule is Cc1ccccc1[C@H](O)CNC(=O)NCCNC(=O)C1CCCC1. The molecule has 1 aromatic rings. The molecule has 1 aliphatic rings. The van der Waals surface area contributed by atoms with E-state index in [2.05, 4.69) is 16.0 Å². The van der Waals surface area contributed by atoms with Crippen LogP contribution in [0.15, 0.2) is 24.3 Å². The first-order valence-electron chi connectivity index (χ1n) is 8.61. The van der Waals surface area contributed by atoms with Crippen molar-refractivity contribution in [3.05, 3.63) is 35.4 Å². The molecule has 0 aliphatic heterocycles. The number of aryl methyl sites for hydroxylation is 1. The van der Waals surface area contributed by atoms with Crippen molar-refractivity contribution in [2.75, 3.05) is 19.6 Å². The summed E-state index contributed by atoms with van der Waals surface area (Å²) in [6, 6.07) is 7.19. The predicted molar refractivity (Wildman–Crippen MR) is 92.5 cm³/mol. The van der Waals surface area contributed by atoms with Crippen molar-refractivity contribution >= 4 is 11.9 Å². The first kappa shape index (κ1) is 18.3. The maximum Gasteiger partial charge on any atom is 0.314 e. The van der Waals surface area contributed by atoms with Crippen LogP contribution in [-0.2, 0) is 4.79 Å². The maximum atomic E-state index is 11.8. The third-order valence-corrected chi connectivity index (χ3v) is 4.44. The van der Waals surface area contributed by atoms with E-state index in [-0.39, 0.29) is 24.4 Å². The molecule has 2 rings (SSSR count). The first-order valence-corrected chi connectivity index (χ1v) is 8.61. The van der Waals surface area contributed by atoms with Gasteiger partial charge in [-0.1, -0.05) is 37.1 Å². The van der Waals surface area contributed by atoms with E-state index in [1.54, 1.807) is 0 Å². The minimum absolute atomic E-state index is 0.0877. The Hall–Kier alpha value is -2.08. The predicted octanol–water partition coefficient (Wildman–Crippen LogP) is 1.63. The van der Waals surface area contributed by atoms with E-state index >= 15 is 0 Å². The maximum absolute atomic E-state index is 11.8. The zero-order valence-electron chi connectivity index (χ0n) is 14.2. The van der Waals surface area contributed by atoms with Gasteiger partial charge in [0.2, 0.25) is 5.91 Å². The summed E-state index contributed by atoms with van der Waals surface area (Å²) in [6.07, 6.45) is 3.45. The average Bonchev–Trinajstić information content (AvgIpc) is 3.11. The Morgan fingerprint density at radius 3 is 2.50 bits per heavy atom. The van der Waals surface area contributed by atoms with Crippen LogP contribution in [0.25, 0.3) is 0 Å². The van der Waals surface area contributed by atoms with Gasteiger partial charge in [-0.05, 0) is 30.9 Å². The van der Waals surface area contributed by atoms with Crippen LogP contribution in [0.1, 0.15) is 42.9 Å². The molecule has 0 heterocycles. The zero-order valence-corrected chi connectivity index (χ0v) is 14.2. The largest absolute Gasteiger partial charge is 0.387 e. The Balaban J connectivity index is 1.59. The van der Waals surface area contributed by atoms with Gasteiger partial charge < -0.3 is 21.1 Å². The molecule has 0 aromatic heterocycles. The normalized spacial score (nSPS) is 15.8. The highest BCUT2D eigenvalue weighted by Crippen LogP contribution is 2.24. The molecular weight excluding hydrogens is 306 g/mol. The van der Waals surface area contributed by atoms with Gasteiger partial charge in [-0.2, -0.15) is 0 Å². The van der Waals surface area contributed by atoms with Crippen LogP contribution in [0, 0.1) is 12.8 Å². The highest BCUT2D eigenvalue weighted by atomic mass is 16.3. The fraction of sp³-hybridized carbons (Fsp3) is 0.556. The number of carbonyl (C=O) groups is 2. The van der Waals surface area contributed by atoms with Crippen LogP contribution in [0.2, 0.25) is 0 Å². The highest BCUT2D eigenvalue weighted by Gasteiger charge is 2.21. The van der Waals surface area contributed by atoms with Gasteiger partial charge in [-0.25, -0.2) is 4.79 Å². The van der Waals surface area contributed by atoms with Gasteiger partial charge in [-0.3, -0.25) is 4.79 Å². The van der Waals surface area contributed by atoms with Crippen molar-refractivity contribution in [1.82, 2.24) is 16.0 Å². The minimum atomic E-state index is -0.737. The molecule has 132 valence electrons. The summed E-state index contributed by atoms with van der Waals surface area (Å²) in [7, 11) is 0. The quantitative estimate of drug-likeness (QED) is 0.572. The average molecular weight is 333 g/mol. The molecule has 0 saturated heterocycles. The lowest BCUT2D eigenvalue weighted by molar-refractivity contribution is -0.124. The number of amides is 3. The molecule has 4 N–H and O–H groups in total. The second-order valence-corrected chi connectivity index (χ2v) is 6.28. The van der Waals surface area contributed by atoms with Crippen LogP contribution in [0.4, 0.5) is 4.79 Å². The number of urea groups is 1. The molecule has 0 bridgehead atoms. The molecule has 0 radical (unpaired) electrons. The molecule has 0 spiro atoms. The molecule has 1 atom stereocenters. The van der Waals surface area contributed by atoms with Crippen molar-refractivity contribution in [2.24, 2.45) is 5.92 Å². The fourth-order valence-corrected chi connectivity index (χ4v) is 3.02. The number of aliphatic hydroxyl groups excluding tert-OH is 1. The Labute approximate surface area is 143 Å². The molecule has 6 nitrogen and oxygen atoms in total. The third kappa shape index (κ3) is 5.53. The number of carbonyl (C=O) groups excluding carboxylic acids is 2. The van der Waals surface area contributed by atoms with E-state index in [0.717, 1.165) is 36.8 Å². The summed E-state index contributed by atoms with van der Waals surface area (Å²) in [5.41, 5.74) is 1.79. The van der Waals surface area contributed by atoms with Crippen molar-refractivity contribution < 1.29 is 14.7 Å². The van der Waals surface area contributed by atoms with Crippen molar-refractivity contribution in [2.45, 2.75) is 38.7 Å². The van der Waals surface area contributed by atoms with Crippen molar-refractivity contribution in [3.8, 4) is 0 Å². The lowest BCUT2D eigenvalue weighted by Gasteiger charge is -2.15. The van der Waals surface area contributed by atoms with E-state index in [1.165, 1.54) is 0 Å². The lowest BCUT2D eigenvalue weighted by Crippen LogP contribution is -2.42. The van der Waals surface area contributed by atoms with E-state index in [9.17, 15) is 14.7 Å². The Bertz CT molecular complexity index is 556. The minimum Gasteiger partial charge on any atom is -0.387 e. The summed E-state index contributed by atoms with van der Waals surface area (Å²) < 4.78 is 0. The number of nitrogens with one attached hydrogen (secondary N) is 3. The smallest absolute Gasteiger partial charge is 0.314 e. The van der Waals surface area contributed by atoms with E-state index < -0.39 is 6.10 Å². The molecular formula is C18H27N3O3. The van der Waals surface area contributed by atoms with Gasteiger partial charge in [0.1, 0.15) is 0 Å². The molecule has 1 aliphatic carbocycles. The van der Waals surface area contributed by atoms with Gasteiger partial charge in [0, 0.05) is 25.6 Å². The number of aliphatic hydroxyl groups is 1. The number of benzene rings is 1. The van der Waals surface area contributed by atoms with Crippen LogP contribution >= 0.6 is 0 Å². The van der Waals surface area contributed by atoms with E-state index in [4.69, 9.17) is 0 Å². The van der Waals surface area contributed by atoms with Crippen molar-refractivity contribution in [3.63, 3.8) is 0 Å².